The molecular weight excluding hydrogens is 418 g/mol. The van der Waals surface area contributed by atoms with E-state index in [4.69, 9.17) is 21.8 Å². The molecule has 0 aliphatic rings. The summed E-state index contributed by atoms with van der Waals surface area (Å²) in [5, 5.41) is 2.53. The second kappa shape index (κ2) is 8.61. The van der Waals surface area contributed by atoms with Crippen LogP contribution in [0, 0.1) is 0 Å². The molecule has 3 rings (SSSR count). The Morgan fingerprint density at radius 3 is 2.17 bits per heavy atom. The van der Waals surface area contributed by atoms with Crippen molar-refractivity contribution in [2.75, 3.05) is 7.11 Å². The first kappa shape index (κ1) is 19.6. The maximum atomic E-state index is 5.59. The van der Waals surface area contributed by atoms with Gasteiger partial charge in [-0.2, -0.15) is 0 Å². The van der Waals surface area contributed by atoms with Crippen LogP contribution in [0.1, 0.15) is 26.3 Å². The fraction of sp³-hybridized carbons (Fsp3) is 0.250. The van der Waals surface area contributed by atoms with Gasteiger partial charge in [-0.25, -0.2) is 0 Å². The molecule has 0 saturated heterocycles. The van der Waals surface area contributed by atoms with Gasteiger partial charge in [-0.15, -0.1) is 35.9 Å². The van der Waals surface area contributed by atoms with Crippen molar-refractivity contribution in [3.05, 3.63) is 60.2 Å². The second-order valence-electron chi connectivity index (χ2n) is 6.57. The van der Waals surface area contributed by atoms with E-state index in [0.29, 0.717) is 0 Å². The Labute approximate surface area is 163 Å². The molecule has 0 fully saturated rings. The van der Waals surface area contributed by atoms with E-state index < -0.39 is 20.8 Å². The maximum absolute atomic E-state index is 5.59. The van der Waals surface area contributed by atoms with Crippen molar-refractivity contribution in [1.29, 1.82) is 0 Å². The second-order valence-corrected chi connectivity index (χ2v) is 10.3. The van der Waals surface area contributed by atoms with Crippen molar-refractivity contribution in [3.8, 4) is 16.9 Å². The van der Waals surface area contributed by atoms with Crippen LogP contribution in [-0.4, -0.2) is 7.11 Å². The molecular formula is C20H21Cl2OZr-. The molecule has 0 bridgehead atoms. The zero-order valence-electron chi connectivity index (χ0n) is 14.4. The molecule has 0 unspecified atom stereocenters. The first-order chi connectivity index (χ1) is 11.4. The number of hydrogen-bond donors (Lipinski definition) is 0. The SMILES string of the molecule is COc1cc2cc[c-](-c3ccccc3)c2cc1C(C)(C)C.[Cl][Zr][Cl]. The van der Waals surface area contributed by atoms with Gasteiger partial charge in [0.1, 0.15) is 5.75 Å². The van der Waals surface area contributed by atoms with E-state index in [1.807, 2.05) is 0 Å². The molecule has 4 heteroatoms. The first-order valence-electron chi connectivity index (χ1n) is 7.72. The van der Waals surface area contributed by atoms with Crippen molar-refractivity contribution in [2.45, 2.75) is 26.2 Å². The Morgan fingerprint density at radius 1 is 1.00 bits per heavy atom. The monoisotopic (exact) mass is 437 g/mol. The summed E-state index contributed by atoms with van der Waals surface area (Å²) in [5.74, 6) is 0.972. The Bertz CT molecular complexity index is 788. The van der Waals surface area contributed by atoms with Gasteiger partial charge in [0.25, 0.3) is 0 Å². The minimum atomic E-state index is -0.826. The van der Waals surface area contributed by atoms with E-state index in [1.54, 1.807) is 7.11 Å². The summed E-state index contributed by atoms with van der Waals surface area (Å²) in [6.07, 6.45) is 0. The van der Waals surface area contributed by atoms with Crippen LogP contribution in [0.5, 0.6) is 5.75 Å². The first-order valence-corrected chi connectivity index (χ1v) is 14.0. The zero-order valence-corrected chi connectivity index (χ0v) is 18.3. The van der Waals surface area contributed by atoms with Gasteiger partial charge in [-0.05, 0) is 17.0 Å². The number of ether oxygens (including phenoxy) is 1. The molecule has 3 aromatic rings. The van der Waals surface area contributed by atoms with Gasteiger partial charge in [0, 0.05) is 0 Å². The van der Waals surface area contributed by atoms with Crippen LogP contribution in [0.15, 0.2) is 54.6 Å². The van der Waals surface area contributed by atoms with E-state index in [0.717, 1.165) is 5.75 Å². The van der Waals surface area contributed by atoms with Crippen LogP contribution in [0.25, 0.3) is 21.9 Å². The van der Waals surface area contributed by atoms with E-state index >= 15 is 0 Å². The quantitative estimate of drug-likeness (QED) is 0.394. The molecule has 126 valence electrons. The third-order valence-electron chi connectivity index (χ3n) is 3.98. The molecule has 3 aromatic carbocycles. The zero-order chi connectivity index (χ0) is 17.7. The van der Waals surface area contributed by atoms with Crippen LogP contribution in [-0.2, 0) is 26.3 Å². The molecule has 0 radical (unpaired) electrons. The Morgan fingerprint density at radius 2 is 1.62 bits per heavy atom. The molecule has 0 N–H and O–H groups in total. The van der Waals surface area contributed by atoms with Crippen molar-refractivity contribution in [3.63, 3.8) is 0 Å². The molecule has 0 spiro atoms. The molecule has 0 aromatic heterocycles. The molecule has 0 aliphatic heterocycles. The Balaban J connectivity index is 0.000000647. The van der Waals surface area contributed by atoms with Crippen LogP contribution >= 0.6 is 17.0 Å². The van der Waals surface area contributed by atoms with Crippen LogP contribution in [0.2, 0.25) is 0 Å². The average molecular weight is 440 g/mol. The number of fused-ring (bicyclic) bond motifs is 1. The van der Waals surface area contributed by atoms with Gasteiger partial charge < -0.3 is 4.74 Å². The summed E-state index contributed by atoms with van der Waals surface area (Å²) < 4.78 is 5.59. The number of halogens is 2. The van der Waals surface area contributed by atoms with Gasteiger partial charge >= 0.3 is 37.9 Å². The summed E-state index contributed by atoms with van der Waals surface area (Å²) in [6, 6.07) is 19.4. The number of methoxy groups -OCH3 is 1. The number of rotatable bonds is 2. The van der Waals surface area contributed by atoms with Gasteiger partial charge in [0.05, 0.1) is 7.11 Å². The van der Waals surface area contributed by atoms with Crippen LogP contribution < -0.4 is 4.74 Å². The third-order valence-corrected chi connectivity index (χ3v) is 3.98. The predicted molar refractivity (Wildman–Crippen MR) is 102 cm³/mol. The topological polar surface area (TPSA) is 9.23 Å². The summed E-state index contributed by atoms with van der Waals surface area (Å²) in [6.45, 7) is 6.67. The van der Waals surface area contributed by atoms with Gasteiger partial charge in [0.15, 0.2) is 0 Å². The summed E-state index contributed by atoms with van der Waals surface area (Å²) in [7, 11) is 11.6. The van der Waals surface area contributed by atoms with Crippen LogP contribution in [0.3, 0.4) is 0 Å². The summed E-state index contributed by atoms with van der Waals surface area (Å²) in [4.78, 5) is 0. The molecule has 0 aliphatic carbocycles. The van der Waals surface area contributed by atoms with E-state index in [-0.39, 0.29) is 5.41 Å². The fourth-order valence-electron chi connectivity index (χ4n) is 2.85. The minimum absolute atomic E-state index is 0.0603. The number of hydrogen-bond acceptors (Lipinski definition) is 1. The van der Waals surface area contributed by atoms with Crippen molar-refractivity contribution >= 4 is 27.8 Å². The van der Waals surface area contributed by atoms with Crippen LogP contribution in [0.4, 0.5) is 0 Å². The normalized spacial score (nSPS) is 10.9. The Hall–Kier alpha value is -0.687. The molecule has 0 atom stereocenters. The molecule has 24 heavy (non-hydrogen) atoms. The van der Waals surface area contributed by atoms with Gasteiger partial charge in [0.2, 0.25) is 0 Å². The van der Waals surface area contributed by atoms with Gasteiger partial charge in [-0.3, -0.25) is 0 Å². The number of benzene rings is 2. The molecule has 0 saturated carbocycles. The van der Waals surface area contributed by atoms with E-state index in [9.17, 15) is 0 Å². The third kappa shape index (κ3) is 4.48. The molecule has 0 amide bonds. The summed E-state index contributed by atoms with van der Waals surface area (Å²) in [5.41, 5.74) is 3.86. The van der Waals surface area contributed by atoms with E-state index in [2.05, 4.69) is 75.4 Å². The predicted octanol–water partition coefficient (Wildman–Crippen LogP) is 6.91. The summed E-state index contributed by atoms with van der Waals surface area (Å²) >= 11 is -0.826. The molecule has 0 heterocycles. The fourth-order valence-corrected chi connectivity index (χ4v) is 2.85. The van der Waals surface area contributed by atoms with Crippen molar-refractivity contribution in [2.24, 2.45) is 0 Å². The van der Waals surface area contributed by atoms with Gasteiger partial charge in [-0.1, -0.05) is 55.3 Å². The van der Waals surface area contributed by atoms with Crippen molar-refractivity contribution in [1.82, 2.24) is 0 Å². The van der Waals surface area contributed by atoms with Crippen molar-refractivity contribution < 1.29 is 25.6 Å². The van der Waals surface area contributed by atoms with E-state index in [1.165, 1.54) is 27.5 Å². The molecule has 1 nitrogen and oxygen atoms in total. The standard InChI is InChI=1S/C20H21O.2ClH.Zr/c1-20(2,3)18-13-17-15(12-19(18)21-4)10-11-16(17)14-8-6-5-7-9-14;;;/h5-13H,1-4H3;2*1H;/q-1;;;+2/p-2. The average Bonchev–Trinajstić information content (AvgIpc) is 2.97. The Kier molecular flexibility index (Phi) is 7.04.